The van der Waals surface area contributed by atoms with Crippen LogP contribution in [0.5, 0.6) is 0 Å². The topological polar surface area (TPSA) is 87.1 Å². The summed E-state index contributed by atoms with van der Waals surface area (Å²) in [6, 6.07) is 0. The molecule has 1 N–H and O–H groups in total. The van der Waals surface area contributed by atoms with E-state index in [1.807, 2.05) is 4.90 Å². The fourth-order valence-electron chi connectivity index (χ4n) is 4.62. The SMILES string of the molecule is O=C(Cn1ccnc1)N1CCC2(CC1)c1nc[nH]c1CCN2C(=O)C1CC1. The second-order valence-electron chi connectivity index (χ2n) is 7.89. The number of H-pyrrole nitrogens is 1. The molecule has 2 fully saturated rings. The Bertz CT molecular complexity index is 845. The van der Waals surface area contributed by atoms with Gasteiger partial charge in [-0.25, -0.2) is 9.97 Å². The molecule has 2 aliphatic heterocycles. The minimum Gasteiger partial charge on any atom is -0.348 e. The largest absolute Gasteiger partial charge is 0.348 e. The highest BCUT2D eigenvalue weighted by atomic mass is 16.2. The maximum atomic E-state index is 13.0. The van der Waals surface area contributed by atoms with Gasteiger partial charge in [-0.1, -0.05) is 0 Å². The summed E-state index contributed by atoms with van der Waals surface area (Å²) in [6.07, 6.45) is 11.2. The summed E-state index contributed by atoms with van der Waals surface area (Å²) >= 11 is 0. The number of amides is 2. The van der Waals surface area contributed by atoms with Gasteiger partial charge in [0.1, 0.15) is 6.54 Å². The van der Waals surface area contributed by atoms with Gasteiger partial charge in [0, 0.05) is 50.1 Å². The third kappa shape index (κ3) is 2.74. The highest BCUT2D eigenvalue weighted by Crippen LogP contribution is 2.45. The first-order valence-corrected chi connectivity index (χ1v) is 9.75. The average molecular weight is 368 g/mol. The van der Waals surface area contributed by atoms with Gasteiger partial charge in [-0.3, -0.25) is 9.59 Å². The van der Waals surface area contributed by atoms with E-state index in [1.165, 1.54) is 0 Å². The molecule has 0 aromatic carbocycles. The van der Waals surface area contributed by atoms with Crippen LogP contribution in [-0.4, -0.2) is 60.8 Å². The number of aromatic nitrogens is 4. The number of aromatic amines is 1. The number of piperidine rings is 1. The molecule has 1 saturated carbocycles. The van der Waals surface area contributed by atoms with Gasteiger partial charge in [0.15, 0.2) is 0 Å². The Hall–Kier alpha value is -2.64. The van der Waals surface area contributed by atoms with Crippen molar-refractivity contribution in [1.29, 1.82) is 0 Å². The van der Waals surface area contributed by atoms with Crippen molar-refractivity contribution in [2.75, 3.05) is 19.6 Å². The molecule has 1 spiro atoms. The molecule has 0 radical (unpaired) electrons. The zero-order valence-electron chi connectivity index (χ0n) is 15.3. The molecule has 8 nitrogen and oxygen atoms in total. The van der Waals surface area contributed by atoms with Crippen LogP contribution in [0.2, 0.25) is 0 Å². The molecule has 2 amide bonds. The summed E-state index contributed by atoms with van der Waals surface area (Å²) in [5, 5.41) is 0. The van der Waals surface area contributed by atoms with Crippen molar-refractivity contribution in [3.8, 4) is 0 Å². The van der Waals surface area contributed by atoms with E-state index in [-0.39, 0.29) is 23.3 Å². The van der Waals surface area contributed by atoms with E-state index in [0.29, 0.717) is 19.6 Å². The van der Waals surface area contributed by atoms with Crippen LogP contribution in [0.1, 0.15) is 37.1 Å². The maximum Gasteiger partial charge on any atom is 0.242 e. The quantitative estimate of drug-likeness (QED) is 0.873. The number of rotatable bonds is 3. The Balaban J connectivity index is 1.36. The molecule has 0 unspecified atom stereocenters. The van der Waals surface area contributed by atoms with Crippen LogP contribution in [0.25, 0.3) is 0 Å². The molecule has 142 valence electrons. The number of imidazole rings is 2. The molecular weight excluding hydrogens is 344 g/mol. The van der Waals surface area contributed by atoms with Crippen molar-refractivity contribution in [2.24, 2.45) is 5.92 Å². The van der Waals surface area contributed by atoms with E-state index in [9.17, 15) is 9.59 Å². The van der Waals surface area contributed by atoms with E-state index < -0.39 is 0 Å². The molecule has 1 saturated heterocycles. The summed E-state index contributed by atoms with van der Waals surface area (Å²) < 4.78 is 1.79. The van der Waals surface area contributed by atoms with E-state index in [0.717, 1.165) is 50.0 Å². The zero-order valence-corrected chi connectivity index (χ0v) is 15.3. The van der Waals surface area contributed by atoms with Crippen molar-refractivity contribution in [3.63, 3.8) is 0 Å². The predicted molar refractivity (Wildman–Crippen MR) is 96.4 cm³/mol. The lowest BCUT2D eigenvalue weighted by Crippen LogP contribution is -2.59. The lowest BCUT2D eigenvalue weighted by molar-refractivity contribution is -0.145. The van der Waals surface area contributed by atoms with E-state index in [2.05, 4.69) is 19.9 Å². The van der Waals surface area contributed by atoms with Crippen LogP contribution in [0.3, 0.4) is 0 Å². The first-order valence-electron chi connectivity index (χ1n) is 9.75. The van der Waals surface area contributed by atoms with Gasteiger partial charge in [-0.15, -0.1) is 0 Å². The Morgan fingerprint density at radius 1 is 1.22 bits per heavy atom. The van der Waals surface area contributed by atoms with Crippen LogP contribution in [0, 0.1) is 5.92 Å². The van der Waals surface area contributed by atoms with Crippen molar-refractivity contribution >= 4 is 11.8 Å². The summed E-state index contributed by atoms with van der Waals surface area (Å²) in [5.41, 5.74) is 1.80. The Morgan fingerprint density at radius 3 is 2.74 bits per heavy atom. The molecule has 8 heteroatoms. The molecule has 0 bridgehead atoms. The van der Waals surface area contributed by atoms with Crippen molar-refractivity contribution in [3.05, 3.63) is 36.4 Å². The highest BCUT2D eigenvalue weighted by Gasteiger charge is 2.51. The molecule has 3 aliphatic rings. The number of fused-ring (bicyclic) bond motifs is 2. The van der Waals surface area contributed by atoms with Crippen molar-refractivity contribution < 1.29 is 9.59 Å². The number of carbonyl (C=O) groups excluding carboxylic acids is 2. The van der Waals surface area contributed by atoms with Crippen LogP contribution < -0.4 is 0 Å². The van der Waals surface area contributed by atoms with Crippen molar-refractivity contribution in [1.82, 2.24) is 29.3 Å². The highest BCUT2D eigenvalue weighted by molar-refractivity contribution is 5.82. The second-order valence-corrected chi connectivity index (χ2v) is 7.89. The van der Waals surface area contributed by atoms with Crippen LogP contribution >= 0.6 is 0 Å². The van der Waals surface area contributed by atoms with Gasteiger partial charge < -0.3 is 19.4 Å². The molecular formula is C19H24N6O2. The molecule has 2 aromatic heterocycles. The van der Waals surface area contributed by atoms with Gasteiger partial charge in [-0.2, -0.15) is 0 Å². The fraction of sp³-hybridized carbons (Fsp3) is 0.579. The summed E-state index contributed by atoms with van der Waals surface area (Å²) in [5.74, 6) is 0.575. The smallest absolute Gasteiger partial charge is 0.242 e. The Morgan fingerprint density at radius 2 is 2.04 bits per heavy atom. The number of likely N-dealkylation sites (tertiary alicyclic amines) is 1. The summed E-state index contributed by atoms with van der Waals surface area (Å²) in [6.45, 7) is 2.35. The average Bonchev–Trinajstić information content (AvgIpc) is 3.19. The molecule has 4 heterocycles. The molecule has 1 aliphatic carbocycles. The lowest BCUT2D eigenvalue weighted by atomic mass is 9.78. The monoisotopic (exact) mass is 368 g/mol. The Kier molecular flexibility index (Phi) is 3.80. The van der Waals surface area contributed by atoms with Gasteiger partial charge in [0.2, 0.25) is 11.8 Å². The third-order valence-electron chi connectivity index (χ3n) is 6.27. The molecule has 27 heavy (non-hydrogen) atoms. The lowest BCUT2D eigenvalue weighted by Gasteiger charge is -2.50. The molecule has 2 aromatic rings. The second kappa shape index (κ2) is 6.21. The molecule has 0 atom stereocenters. The third-order valence-corrected chi connectivity index (χ3v) is 6.27. The Labute approximate surface area is 157 Å². The number of nitrogens with one attached hydrogen (secondary N) is 1. The first-order chi connectivity index (χ1) is 13.2. The first kappa shape index (κ1) is 16.5. The number of carbonyl (C=O) groups is 2. The fourth-order valence-corrected chi connectivity index (χ4v) is 4.62. The maximum absolute atomic E-state index is 13.0. The molecule has 5 rings (SSSR count). The van der Waals surface area contributed by atoms with E-state index in [4.69, 9.17) is 0 Å². The summed E-state index contributed by atoms with van der Waals surface area (Å²) in [7, 11) is 0. The van der Waals surface area contributed by atoms with E-state index in [1.54, 1.807) is 29.6 Å². The van der Waals surface area contributed by atoms with Gasteiger partial charge in [0.05, 0.1) is 23.9 Å². The predicted octanol–water partition coefficient (Wildman–Crippen LogP) is 0.919. The number of nitrogens with zero attached hydrogens (tertiary/aromatic N) is 5. The van der Waals surface area contributed by atoms with Crippen LogP contribution in [0.4, 0.5) is 0 Å². The standard InChI is InChI=1S/C19H24N6O2/c26-16(11-23-10-6-20-13-23)24-8-4-19(5-9-24)17-15(21-12-22-17)3-7-25(19)18(27)14-1-2-14/h6,10,12-14H,1-5,7-9,11H2,(H,21,22). The number of hydrogen-bond acceptors (Lipinski definition) is 4. The van der Waals surface area contributed by atoms with Gasteiger partial charge in [0.25, 0.3) is 0 Å². The van der Waals surface area contributed by atoms with Crippen LogP contribution in [0.15, 0.2) is 25.0 Å². The number of hydrogen-bond donors (Lipinski definition) is 1. The van der Waals surface area contributed by atoms with Crippen molar-refractivity contribution in [2.45, 2.75) is 44.2 Å². The zero-order chi connectivity index (χ0) is 18.4. The summed E-state index contributed by atoms with van der Waals surface area (Å²) in [4.78, 5) is 41.5. The van der Waals surface area contributed by atoms with Gasteiger partial charge in [-0.05, 0) is 25.7 Å². The van der Waals surface area contributed by atoms with Crippen LogP contribution in [-0.2, 0) is 28.1 Å². The normalized spacial score (nSPS) is 21.3. The minimum atomic E-state index is -0.362. The minimum absolute atomic E-state index is 0.0981. The van der Waals surface area contributed by atoms with E-state index >= 15 is 0 Å². The van der Waals surface area contributed by atoms with Gasteiger partial charge >= 0.3 is 0 Å².